The number of aromatic nitrogens is 1. The van der Waals surface area contributed by atoms with Crippen molar-refractivity contribution in [3.63, 3.8) is 0 Å². The van der Waals surface area contributed by atoms with Crippen LogP contribution in [0.1, 0.15) is 44.1 Å². The van der Waals surface area contributed by atoms with Crippen molar-refractivity contribution in [1.29, 1.82) is 0 Å². The molecule has 4 rings (SSSR count). The van der Waals surface area contributed by atoms with Gasteiger partial charge in [0, 0.05) is 32.4 Å². The third-order valence-electron chi connectivity index (χ3n) is 6.05. The Morgan fingerprint density at radius 1 is 1.25 bits per heavy atom. The van der Waals surface area contributed by atoms with E-state index in [9.17, 15) is 0 Å². The van der Waals surface area contributed by atoms with Gasteiger partial charge in [-0.15, -0.1) is 0 Å². The molecule has 8 heteroatoms. The number of hydrogen-bond acceptors (Lipinski definition) is 6. The van der Waals surface area contributed by atoms with Crippen LogP contribution in [0.3, 0.4) is 0 Å². The van der Waals surface area contributed by atoms with Crippen molar-refractivity contribution in [3.8, 4) is 0 Å². The number of pyridine rings is 1. The van der Waals surface area contributed by atoms with Crippen LogP contribution in [0.25, 0.3) is 0 Å². The SMILES string of the molecule is CCNC(=NCc1ccnc(N2CCOC(C)C2)c1)NCC(c1ccco1)N1CCCC1. The highest BCUT2D eigenvalue weighted by molar-refractivity contribution is 5.79. The van der Waals surface area contributed by atoms with E-state index < -0.39 is 0 Å². The van der Waals surface area contributed by atoms with Crippen molar-refractivity contribution in [2.24, 2.45) is 4.99 Å². The highest BCUT2D eigenvalue weighted by atomic mass is 16.5. The number of nitrogens with one attached hydrogen (secondary N) is 2. The molecule has 0 bridgehead atoms. The summed E-state index contributed by atoms with van der Waals surface area (Å²) in [6.45, 7) is 11.1. The number of nitrogens with zero attached hydrogens (tertiary/aromatic N) is 4. The Hall–Kier alpha value is -2.58. The van der Waals surface area contributed by atoms with E-state index >= 15 is 0 Å². The summed E-state index contributed by atoms with van der Waals surface area (Å²) in [5.41, 5.74) is 1.15. The van der Waals surface area contributed by atoms with Crippen LogP contribution in [0, 0.1) is 0 Å². The van der Waals surface area contributed by atoms with E-state index in [0.29, 0.717) is 6.54 Å². The third kappa shape index (κ3) is 6.01. The minimum atomic E-state index is 0.215. The number of aliphatic imine (C=N–C) groups is 1. The zero-order valence-corrected chi connectivity index (χ0v) is 19.3. The number of hydrogen-bond donors (Lipinski definition) is 2. The van der Waals surface area contributed by atoms with Crippen molar-refractivity contribution in [1.82, 2.24) is 20.5 Å². The van der Waals surface area contributed by atoms with Crippen LogP contribution in [0.4, 0.5) is 5.82 Å². The lowest BCUT2D eigenvalue weighted by Gasteiger charge is -2.32. The number of ether oxygens (including phenoxy) is 1. The first-order chi connectivity index (χ1) is 15.7. The highest BCUT2D eigenvalue weighted by Crippen LogP contribution is 2.25. The molecule has 2 N–H and O–H groups in total. The second kappa shape index (κ2) is 11.3. The Labute approximate surface area is 191 Å². The summed E-state index contributed by atoms with van der Waals surface area (Å²) in [6.07, 6.45) is 6.36. The number of rotatable bonds is 8. The lowest BCUT2D eigenvalue weighted by atomic mass is 10.2. The molecule has 2 aromatic rings. The monoisotopic (exact) mass is 440 g/mol. The van der Waals surface area contributed by atoms with Crippen LogP contribution in [-0.4, -0.2) is 67.8 Å². The Bertz CT molecular complexity index is 850. The predicted molar refractivity (Wildman–Crippen MR) is 127 cm³/mol. The molecule has 2 aliphatic rings. The summed E-state index contributed by atoms with van der Waals surface area (Å²) in [6, 6.07) is 8.43. The van der Waals surface area contributed by atoms with Gasteiger partial charge in [-0.25, -0.2) is 9.98 Å². The summed E-state index contributed by atoms with van der Waals surface area (Å²) in [7, 11) is 0. The standard InChI is InChI=1S/C24H36N6O2/c1-3-25-24(28-17-21(22-7-6-13-32-22)29-10-4-5-11-29)27-16-20-8-9-26-23(15-20)30-12-14-31-19(2)18-30/h6-9,13,15,19,21H,3-5,10-12,14,16-18H2,1-2H3,(H2,25,27,28). The van der Waals surface area contributed by atoms with E-state index in [1.165, 1.54) is 12.8 Å². The summed E-state index contributed by atoms with van der Waals surface area (Å²) in [4.78, 5) is 14.2. The molecular formula is C24H36N6O2. The molecule has 2 aromatic heterocycles. The normalized spacial score (nSPS) is 21.0. The molecule has 174 valence electrons. The van der Waals surface area contributed by atoms with Crippen LogP contribution >= 0.6 is 0 Å². The van der Waals surface area contributed by atoms with Gasteiger partial charge in [0.05, 0.1) is 31.6 Å². The van der Waals surface area contributed by atoms with Gasteiger partial charge in [-0.05, 0) is 69.6 Å². The maximum atomic E-state index is 5.75. The number of morpholine rings is 1. The van der Waals surface area contributed by atoms with E-state index in [2.05, 4.69) is 51.4 Å². The first-order valence-electron chi connectivity index (χ1n) is 11.8. The molecule has 0 saturated carbocycles. The van der Waals surface area contributed by atoms with Crippen LogP contribution in [-0.2, 0) is 11.3 Å². The number of furan rings is 1. The van der Waals surface area contributed by atoms with Crippen molar-refractivity contribution in [2.75, 3.05) is 50.8 Å². The number of likely N-dealkylation sites (tertiary alicyclic amines) is 1. The number of anilines is 1. The minimum Gasteiger partial charge on any atom is -0.468 e. The van der Waals surface area contributed by atoms with E-state index in [1.807, 2.05) is 18.3 Å². The molecular weight excluding hydrogens is 404 g/mol. The molecule has 32 heavy (non-hydrogen) atoms. The topological polar surface area (TPSA) is 78.2 Å². The van der Waals surface area contributed by atoms with Crippen molar-refractivity contribution in [2.45, 2.75) is 45.4 Å². The fourth-order valence-corrected chi connectivity index (χ4v) is 4.41. The molecule has 0 aliphatic carbocycles. The van der Waals surface area contributed by atoms with Crippen LogP contribution in [0.5, 0.6) is 0 Å². The van der Waals surface area contributed by atoms with Crippen molar-refractivity contribution >= 4 is 11.8 Å². The van der Waals surface area contributed by atoms with Gasteiger partial charge in [-0.1, -0.05) is 0 Å². The second-order valence-corrected chi connectivity index (χ2v) is 8.50. The molecule has 0 aromatic carbocycles. The van der Waals surface area contributed by atoms with Gasteiger partial charge in [0.15, 0.2) is 5.96 Å². The van der Waals surface area contributed by atoms with Gasteiger partial charge in [0.2, 0.25) is 0 Å². The third-order valence-corrected chi connectivity index (χ3v) is 6.05. The molecule has 8 nitrogen and oxygen atoms in total. The average molecular weight is 441 g/mol. The molecule has 0 amide bonds. The summed E-state index contributed by atoms with van der Waals surface area (Å²) < 4.78 is 11.4. The fourth-order valence-electron chi connectivity index (χ4n) is 4.41. The largest absolute Gasteiger partial charge is 0.468 e. The van der Waals surface area contributed by atoms with Gasteiger partial charge < -0.3 is 24.7 Å². The van der Waals surface area contributed by atoms with E-state index in [4.69, 9.17) is 14.1 Å². The number of guanidine groups is 1. The minimum absolute atomic E-state index is 0.215. The van der Waals surface area contributed by atoms with Gasteiger partial charge >= 0.3 is 0 Å². The Kier molecular flexibility index (Phi) is 8.01. The first-order valence-corrected chi connectivity index (χ1v) is 11.8. The molecule has 2 aliphatic heterocycles. The molecule has 2 atom stereocenters. The Morgan fingerprint density at radius 3 is 2.88 bits per heavy atom. The van der Waals surface area contributed by atoms with E-state index in [0.717, 1.165) is 69.0 Å². The lowest BCUT2D eigenvalue weighted by Crippen LogP contribution is -2.42. The Morgan fingerprint density at radius 2 is 2.12 bits per heavy atom. The van der Waals surface area contributed by atoms with Crippen LogP contribution in [0.2, 0.25) is 0 Å². The highest BCUT2D eigenvalue weighted by Gasteiger charge is 2.25. The zero-order valence-electron chi connectivity index (χ0n) is 19.3. The maximum absolute atomic E-state index is 5.75. The molecule has 0 radical (unpaired) electrons. The van der Waals surface area contributed by atoms with E-state index in [1.54, 1.807) is 6.26 Å². The van der Waals surface area contributed by atoms with Gasteiger partial charge in [0.25, 0.3) is 0 Å². The molecule has 2 unspecified atom stereocenters. The van der Waals surface area contributed by atoms with Crippen molar-refractivity contribution < 1.29 is 9.15 Å². The fraction of sp³-hybridized carbons (Fsp3) is 0.583. The predicted octanol–water partition coefficient (Wildman–Crippen LogP) is 2.79. The first kappa shape index (κ1) is 22.6. The Balaban J connectivity index is 1.40. The quantitative estimate of drug-likeness (QED) is 0.483. The van der Waals surface area contributed by atoms with Gasteiger partial charge in [-0.2, -0.15) is 0 Å². The lowest BCUT2D eigenvalue weighted by molar-refractivity contribution is 0.0529. The molecule has 0 spiro atoms. The summed E-state index contributed by atoms with van der Waals surface area (Å²) in [5.74, 6) is 2.83. The zero-order chi connectivity index (χ0) is 22.2. The smallest absolute Gasteiger partial charge is 0.191 e. The molecule has 2 saturated heterocycles. The second-order valence-electron chi connectivity index (χ2n) is 8.50. The molecule has 2 fully saturated rings. The van der Waals surface area contributed by atoms with Gasteiger partial charge in [0.1, 0.15) is 11.6 Å². The summed E-state index contributed by atoms with van der Waals surface area (Å²) in [5, 5.41) is 6.91. The van der Waals surface area contributed by atoms with Crippen molar-refractivity contribution in [3.05, 3.63) is 48.0 Å². The van der Waals surface area contributed by atoms with Gasteiger partial charge in [-0.3, -0.25) is 4.90 Å². The molecule has 4 heterocycles. The average Bonchev–Trinajstić information content (AvgIpc) is 3.53. The van der Waals surface area contributed by atoms with Crippen LogP contribution in [0.15, 0.2) is 46.1 Å². The maximum Gasteiger partial charge on any atom is 0.191 e. The summed E-state index contributed by atoms with van der Waals surface area (Å²) >= 11 is 0. The van der Waals surface area contributed by atoms with Crippen LogP contribution < -0.4 is 15.5 Å². The van der Waals surface area contributed by atoms with E-state index in [-0.39, 0.29) is 12.1 Å².